The number of ether oxygens (including phenoxy) is 5. The van der Waals surface area contributed by atoms with Crippen LogP contribution in [0.3, 0.4) is 0 Å². The number of esters is 1. The molecule has 0 unspecified atom stereocenters. The molecule has 8 aliphatic rings. The Balaban J connectivity index is 1.05. The molecule has 0 aromatic heterocycles. The number of carbonyl (C=O) groups is 1. The molecular formula is C41H66O13. The first-order valence-corrected chi connectivity index (χ1v) is 20.6. The van der Waals surface area contributed by atoms with Crippen molar-refractivity contribution in [2.24, 2.45) is 50.2 Å². The lowest BCUT2D eigenvalue weighted by Gasteiger charge is -2.74. The average molecular weight is 767 g/mol. The van der Waals surface area contributed by atoms with E-state index in [9.17, 15) is 40.5 Å². The monoisotopic (exact) mass is 766 g/mol. The van der Waals surface area contributed by atoms with Gasteiger partial charge in [-0.05, 0) is 97.7 Å². The predicted molar refractivity (Wildman–Crippen MR) is 191 cm³/mol. The van der Waals surface area contributed by atoms with Gasteiger partial charge in [0.15, 0.2) is 12.6 Å². The van der Waals surface area contributed by atoms with E-state index in [1.54, 1.807) is 0 Å². The Bertz CT molecular complexity index is 1470. The van der Waals surface area contributed by atoms with Crippen molar-refractivity contribution >= 4 is 5.97 Å². The number of carbonyl (C=O) groups excluding carboxylic acids is 1. The summed E-state index contributed by atoms with van der Waals surface area (Å²) in [6, 6.07) is 0. The Labute approximate surface area is 319 Å². The molecule has 2 bridgehead atoms. The third kappa shape index (κ3) is 5.11. The van der Waals surface area contributed by atoms with Crippen molar-refractivity contribution in [2.45, 2.75) is 186 Å². The first-order valence-electron chi connectivity index (χ1n) is 20.6. The topological polar surface area (TPSA) is 205 Å². The van der Waals surface area contributed by atoms with Gasteiger partial charge in [-0.25, -0.2) is 0 Å². The van der Waals surface area contributed by atoms with Crippen molar-refractivity contribution in [3.63, 3.8) is 0 Å². The first-order chi connectivity index (χ1) is 25.1. The zero-order valence-corrected chi connectivity index (χ0v) is 33.1. The summed E-state index contributed by atoms with van der Waals surface area (Å²) in [6.45, 7) is 15.3. The second-order valence-electron chi connectivity index (χ2n) is 21.0. The summed E-state index contributed by atoms with van der Waals surface area (Å²) in [5.74, 6) is 0.283. The minimum Gasteiger partial charge on any atom is -0.455 e. The maximum absolute atomic E-state index is 14.0. The summed E-state index contributed by atoms with van der Waals surface area (Å²) in [7, 11) is 0. The van der Waals surface area contributed by atoms with E-state index in [0.717, 1.165) is 51.4 Å². The van der Waals surface area contributed by atoms with Crippen LogP contribution in [0.1, 0.15) is 113 Å². The summed E-state index contributed by atoms with van der Waals surface area (Å²) in [4.78, 5) is 14.0. The van der Waals surface area contributed by atoms with E-state index in [1.807, 2.05) is 0 Å². The van der Waals surface area contributed by atoms with E-state index in [2.05, 4.69) is 48.5 Å². The van der Waals surface area contributed by atoms with E-state index in [0.29, 0.717) is 12.8 Å². The van der Waals surface area contributed by atoms with E-state index < -0.39 is 89.9 Å². The van der Waals surface area contributed by atoms with Gasteiger partial charge in [-0.1, -0.05) is 48.5 Å². The number of fused-ring (bicyclic) bond motifs is 4. The van der Waals surface area contributed by atoms with Gasteiger partial charge in [0.25, 0.3) is 0 Å². The Hall–Kier alpha value is -0.970. The van der Waals surface area contributed by atoms with Gasteiger partial charge in [0.1, 0.15) is 48.3 Å². The summed E-state index contributed by atoms with van der Waals surface area (Å²) in [5.41, 5.74) is -2.47. The molecule has 5 aliphatic carbocycles. The standard InChI is InChI=1S/C41H66O13/c1-35(2)12-14-40-15-13-39(7)38(6)11-8-22-36(3,4)26(9-10-37(22,5)23(38)16-25(44)41(39,24(40)17-35)54-34(40)49)52-33-31(27(45)20(43)19-50-33)53-32-30(48)29(47)28(46)21(18-42)51-32/h20-33,42-48H,8-19H2,1-7H3/t20-,21-,22+,23-,24+,25+,26+,27+,28-,29+,30-,31-,32+,33+,37+,38-,39+,40+,41-/m1/s1. The molecule has 13 heteroatoms. The molecule has 0 aromatic carbocycles. The second kappa shape index (κ2) is 12.8. The van der Waals surface area contributed by atoms with Crippen LogP contribution in [0.15, 0.2) is 0 Å². The lowest BCUT2D eigenvalue weighted by Crippen LogP contribution is -2.76. The summed E-state index contributed by atoms with van der Waals surface area (Å²) in [5, 5.41) is 75.3. The van der Waals surface area contributed by atoms with Gasteiger partial charge in [0.05, 0.1) is 30.8 Å². The molecule has 0 radical (unpaired) electrons. The van der Waals surface area contributed by atoms with Crippen LogP contribution in [-0.4, -0.2) is 128 Å². The summed E-state index contributed by atoms with van der Waals surface area (Å²) >= 11 is 0. The smallest absolute Gasteiger partial charge is 0.313 e. The molecule has 8 fully saturated rings. The van der Waals surface area contributed by atoms with Gasteiger partial charge in [0, 0.05) is 11.3 Å². The van der Waals surface area contributed by atoms with E-state index >= 15 is 0 Å². The highest BCUT2D eigenvalue weighted by Gasteiger charge is 2.83. The normalized spacial score (nSPS) is 57.6. The zero-order chi connectivity index (χ0) is 39.2. The maximum Gasteiger partial charge on any atom is 0.313 e. The third-order valence-electron chi connectivity index (χ3n) is 17.9. The van der Waals surface area contributed by atoms with Crippen molar-refractivity contribution in [3.05, 3.63) is 0 Å². The average Bonchev–Trinajstić information content (AvgIpc) is 3.29. The molecule has 54 heavy (non-hydrogen) atoms. The van der Waals surface area contributed by atoms with Gasteiger partial charge >= 0.3 is 5.97 Å². The van der Waals surface area contributed by atoms with Gasteiger partial charge in [-0.2, -0.15) is 0 Å². The van der Waals surface area contributed by atoms with Crippen LogP contribution in [-0.2, 0) is 28.5 Å². The van der Waals surface area contributed by atoms with Gasteiger partial charge in [-0.3, -0.25) is 4.79 Å². The number of rotatable bonds is 5. The Kier molecular flexibility index (Phi) is 9.42. The molecule has 13 nitrogen and oxygen atoms in total. The van der Waals surface area contributed by atoms with Crippen LogP contribution in [0.5, 0.6) is 0 Å². The van der Waals surface area contributed by atoms with Crippen LogP contribution in [0.4, 0.5) is 0 Å². The molecule has 3 heterocycles. The van der Waals surface area contributed by atoms with Crippen LogP contribution in [0.2, 0.25) is 0 Å². The molecule has 0 amide bonds. The number of aliphatic hydroxyl groups excluding tert-OH is 7. The number of hydrogen-bond donors (Lipinski definition) is 7. The summed E-state index contributed by atoms with van der Waals surface area (Å²) < 4.78 is 31.0. The minimum atomic E-state index is -1.71. The van der Waals surface area contributed by atoms with Crippen LogP contribution >= 0.6 is 0 Å². The molecule has 5 saturated carbocycles. The fourth-order valence-corrected chi connectivity index (χ4v) is 14.6. The SMILES string of the molecule is CC1(C)CC[C@@]23CC[C@]4(C)[C@](OC2=O)([C@@H](O)C[C@@H]2[C@@]5(C)CC[C@H](O[C@@H]6OC[C@@H](O)[C@H](O)[C@H]6O[C@@H]6O[C@H](CO)[C@@H](O)[C@H](O)[C@H]6O)C(C)(C)[C@@H]5CC[C@]24C)[C@H]3C1. The lowest BCUT2D eigenvalue weighted by atomic mass is 9.30. The van der Waals surface area contributed by atoms with E-state index in [1.165, 1.54) is 0 Å². The third-order valence-corrected chi connectivity index (χ3v) is 17.9. The largest absolute Gasteiger partial charge is 0.455 e. The highest BCUT2D eigenvalue weighted by Crippen LogP contribution is 2.80. The van der Waals surface area contributed by atoms with Crippen molar-refractivity contribution < 1.29 is 64.2 Å². The summed E-state index contributed by atoms with van der Waals surface area (Å²) in [6.07, 6.45) is -5.84. The lowest BCUT2D eigenvalue weighted by molar-refractivity contribution is -0.368. The number of aliphatic hydroxyl groups is 7. The predicted octanol–water partition coefficient (Wildman–Crippen LogP) is 2.17. The van der Waals surface area contributed by atoms with Crippen LogP contribution in [0.25, 0.3) is 0 Å². The maximum atomic E-state index is 14.0. The molecule has 3 saturated heterocycles. The highest BCUT2D eigenvalue weighted by molar-refractivity contribution is 5.82. The fourth-order valence-electron chi connectivity index (χ4n) is 14.6. The van der Waals surface area contributed by atoms with E-state index in [4.69, 9.17) is 23.7 Å². The Morgan fingerprint density at radius 1 is 0.741 bits per heavy atom. The molecule has 7 N–H and O–H groups in total. The molecule has 8 rings (SSSR count). The van der Waals surface area contributed by atoms with Crippen molar-refractivity contribution in [3.8, 4) is 0 Å². The van der Waals surface area contributed by atoms with Crippen LogP contribution < -0.4 is 0 Å². The number of hydrogen-bond acceptors (Lipinski definition) is 13. The van der Waals surface area contributed by atoms with Gasteiger partial charge in [-0.15, -0.1) is 0 Å². The Morgan fingerprint density at radius 2 is 1.44 bits per heavy atom. The first kappa shape index (κ1) is 39.8. The molecule has 1 spiro atoms. The van der Waals surface area contributed by atoms with Crippen LogP contribution in [0, 0.1) is 50.2 Å². The zero-order valence-electron chi connectivity index (χ0n) is 33.1. The molecule has 0 aromatic rings. The van der Waals surface area contributed by atoms with Crippen molar-refractivity contribution in [1.29, 1.82) is 0 Å². The van der Waals surface area contributed by atoms with Gasteiger partial charge < -0.3 is 59.4 Å². The minimum absolute atomic E-state index is 0.00128. The quantitative estimate of drug-likeness (QED) is 0.159. The van der Waals surface area contributed by atoms with Crippen molar-refractivity contribution in [1.82, 2.24) is 0 Å². The highest BCUT2D eigenvalue weighted by atomic mass is 16.8. The fraction of sp³-hybridized carbons (Fsp3) is 0.976. The van der Waals surface area contributed by atoms with E-state index in [-0.39, 0.29) is 52.7 Å². The molecule has 3 aliphatic heterocycles. The molecule has 308 valence electrons. The Morgan fingerprint density at radius 3 is 2.15 bits per heavy atom. The second-order valence-corrected chi connectivity index (χ2v) is 21.0. The molecular weight excluding hydrogens is 700 g/mol. The van der Waals surface area contributed by atoms with Gasteiger partial charge in [0.2, 0.25) is 0 Å². The van der Waals surface area contributed by atoms with Crippen molar-refractivity contribution in [2.75, 3.05) is 13.2 Å². The molecule has 19 atom stereocenters.